The zero-order valence-electron chi connectivity index (χ0n) is 20.5. The molecule has 5 rings (SSSR count). The Morgan fingerprint density at radius 3 is 2.57 bits per heavy atom. The van der Waals surface area contributed by atoms with Gasteiger partial charge in [0.05, 0.1) is 22.6 Å². The summed E-state index contributed by atoms with van der Waals surface area (Å²) >= 11 is 0. The summed E-state index contributed by atoms with van der Waals surface area (Å²) in [6.45, 7) is 4.20. The fraction of sp³-hybridized carbons (Fsp3) is 0.417. The molecule has 1 saturated heterocycles. The van der Waals surface area contributed by atoms with Gasteiger partial charge in [-0.1, -0.05) is 18.2 Å². The number of nitrogens with one attached hydrogen (secondary N) is 1. The minimum atomic E-state index is -2.93. The van der Waals surface area contributed by atoms with Crippen LogP contribution in [0.2, 0.25) is 0 Å². The lowest BCUT2D eigenvalue weighted by Gasteiger charge is -2.40. The summed E-state index contributed by atoms with van der Waals surface area (Å²) < 4.78 is 48.8. The number of carbonyl (C=O) groups is 1. The van der Waals surface area contributed by atoms with Crippen LogP contribution in [0.1, 0.15) is 55.8 Å². The number of halogens is 3. The summed E-state index contributed by atoms with van der Waals surface area (Å²) in [5.41, 5.74) is 0.217. The van der Waals surface area contributed by atoms with Crippen molar-refractivity contribution < 1.29 is 22.7 Å². The summed E-state index contributed by atoms with van der Waals surface area (Å²) in [7, 11) is 1.61. The predicted molar refractivity (Wildman–Crippen MR) is 127 cm³/mol. The highest BCUT2D eigenvalue weighted by molar-refractivity contribution is 5.89. The average Bonchev–Trinajstić information content (AvgIpc) is 3.38. The quantitative estimate of drug-likeness (QED) is 0.414. The second kappa shape index (κ2) is 9.54. The molecule has 4 heterocycles. The summed E-state index contributed by atoms with van der Waals surface area (Å²) in [6, 6.07) is 5.07. The van der Waals surface area contributed by atoms with Crippen molar-refractivity contribution in [1.29, 1.82) is 0 Å². The molecule has 1 aromatic carbocycles. The predicted octanol–water partition coefficient (Wildman–Crippen LogP) is 3.80. The highest BCUT2D eigenvalue weighted by atomic mass is 19.3. The molecule has 10 nitrogen and oxygen atoms in total. The molecule has 0 spiro atoms. The van der Waals surface area contributed by atoms with Crippen molar-refractivity contribution in [2.45, 2.75) is 44.8 Å². The number of likely N-dealkylation sites (tertiary alicyclic amines) is 1. The number of hydrogen-bond donors (Lipinski definition) is 1. The smallest absolute Gasteiger partial charge is 0.266 e. The number of pyridine rings is 1. The van der Waals surface area contributed by atoms with Gasteiger partial charge in [0.1, 0.15) is 18.0 Å². The molecule has 0 saturated carbocycles. The number of hydrogen-bond acceptors (Lipinski definition) is 8. The third-order valence-corrected chi connectivity index (χ3v) is 7.07. The van der Waals surface area contributed by atoms with Gasteiger partial charge in [-0.3, -0.25) is 4.79 Å². The Kier molecular flexibility index (Phi) is 6.40. The second-order valence-corrected chi connectivity index (χ2v) is 9.05. The van der Waals surface area contributed by atoms with E-state index in [9.17, 15) is 18.0 Å². The van der Waals surface area contributed by atoms with Crippen molar-refractivity contribution in [2.75, 3.05) is 25.5 Å². The van der Waals surface area contributed by atoms with E-state index in [0.29, 0.717) is 54.0 Å². The number of fused-ring (bicyclic) bond motifs is 3. The molecule has 1 amide bonds. The summed E-state index contributed by atoms with van der Waals surface area (Å²) in [6.07, 6.45) is -0.561. The van der Waals surface area contributed by atoms with Crippen molar-refractivity contribution in [3.63, 3.8) is 0 Å². The third-order valence-electron chi connectivity index (χ3n) is 7.07. The Hall–Kier alpha value is -3.87. The van der Waals surface area contributed by atoms with Crippen LogP contribution < -0.4 is 5.32 Å². The van der Waals surface area contributed by atoms with Crippen LogP contribution in [-0.4, -0.2) is 61.0 Å². The highest BCUT2D eigenvalue weighted by Gasteiger charge is 2.40. The molecule has 0 aliphatic carbocycles. The lowest BCUT2D eigenvalue weighted by Crippen LogP contribution is -2.45. The second-order valence-electron chi connectivity index (χ2n) is 9.05. The average molecular weight is 515 g/mol. The number of benzene rings is 1. The van der Waals surface area contributed by atoms with Gasteiger partial charge in [-0.2, -0.15) is 4.52 Å². The van der Waals surface area contributed by atoms with Crippen LogP contribution in [-0.2, 0) is 15.1 Å². The molecular formula is C24H25F3N8O2. The van der Waals surface area contributed by atoms with Crippen LogP contribution in [0.25, 0.3) is 16.7 Å². The van der Waals surface area contributed by atoms with Gasteiger partial charge in [-0.15, -0.1) is 5.10 Å². The van der Waals surface area contributed by atoms with Crippen LogP contribution in [0, 0.1) is 5.82 Å². The Bertz CT molecular complexity index is 1470. The first-order valence-electron chi connectivity index (χ1n) is 11.8. The van der Waals surface area contributed by atoms with Crippen molar-refractivity contribution >= 4 is 28.4 Å². The van der Waals surface area contributed by atoms with Crippen LogP contribution in [0.15, 0.2) is 30.6 Å². The number of alkyl halides is 2. The standard InChI is InChI=1S/C24H25F3N8O2/c1-13(15-5-4-6-16(19(15)25)20(26)27)30-21-17-11-18(23-31-32-33-35(23)22(17)29-12-28-21)24(37-3)7-9-34(10-8-24)14(2)36/h4-6,11-13,20H,7-10H2,1-3H3,(H,28,29,30)/t13-/m1/s1. The lowest BCUT2D eigenvalue weighted by molar-refractivity contribution is -0.134. The Morgan fingerprint density at radius 2 is 1.89 bits per heavy atom. The van der Waals surface area contributed by atoms with Gasteiger partial charge in [0.15, 0.2) is 11.3 Å². The molecule has 1 N–H and O–H groups in total. The first-order valence-corrected chi connectivity index (χ1v) is 11.8. The molecular weight excluding hydrogens is 489 g/mol. The third kappa shape index (κ3) is 4.22. The number of methoxy groups -OCH3 is 1. The highest BCUT2D eigenvalue weighted by Crippen LogP contribution is 2.40. The number of tetrazole rings is 1. The Balaban J connectivity index is 1.60. The Labute approximate surface area is 209 Å². The van der Waals surface area contributed by atoms with Gasteiger partial charge in [-0.05, 0) is 36.3 Å². The molecule has 0 bridgehead atoms. The molecule has 1 aliphatic rings. The van der Waals surface area contributed by atoms with E-state index in [2.05, 4.69) is 30.8 Å². The maximum Gasteiger partial charge on any atom is 0.266 e. The van der Waals surface area contributed by atoms with E-state index in [1.54, 1.807) is 18.9 Å². The first-order chi connectivity index (χ1) is 17.8. The maximum absolute atomic E-state index is 14.8. The molecule has 0 radical (unpaired) electrons. The van der Waals surface area contributed by atoms with Gasteiger partial charge >= 0.3 is 0 Å². The van der Waals surface area contributed by atoms with Gasteiger partial charge in [0, 0.05) is 38.2 Å². The van der Waals surface area contributed by atoms with E-state index >= 15 is 0 Å². The summed E-state index contributed by atoms with van der Waals surface area (Å²) in [4.78, 5) is 22.3. The molecule has 3 aromatic heterocycles. The molecule has 37 heavy (non-hydrogen) atoms. The molecule has 1 fully saturated rings. The molecule has 194 valence electrons. The largest absolute Gasteiger partial charge is 0.373 e. The van der Waals surface area contributed by atoms with Crippen molar-refractivity contribution in [1.82, 2.24) is 34.9 Å². The fourth-order valence-electron chi connectivity index (χ4n) is 4.97. The topological polar surface area (TPSA) is 110 Å². The minimum Gasteiger partial charge on any atom is -0.373 e. The maximum atomic E-state index is 14.8. The molecule has 13 heteroatoms. The van der Waals surface area contributed by atoms with Crippen molar-refractivity contribution in [3.05, 3.63) is 53.1 Å². The van der Waals surface area contributed by atoms with Crippen molar-refractivity contribution in [3.8, 4) is 0 Å². The lowest BCUT2D eigenvalue weighted by atomic mass is 9.84. The van der Waals surface area contributed by atoms with Gasteiger partial charge in [0.25, 0.3) is 6.43 Å². The minimum absolute atomic E-state index is 0.00507. The number of rotatable bonds is 6. The van der Waals surface area contributed by atoms with E-state index < -0.39 is 29.4 Å². The van der Waals surface area contributed by atoms with Crippen molar-refractivity contribution in [2.24, 2.45) is 0 Å². The fourth-order valence-corrected chi connectivity index (χ4v) is 4.97. The number of carbonyl (C=O) groups excluding carboxylic acids is 1. The number of aromatic nitrogens is 6. The van der Waals surface area contributed by atoms with Crippen LogP contribution in [0.4, 0.5) is 19.0 Å². The van der Waals surface area contributed by atoms with E-state index in [4.69, 9.17) is 4.74 Å². The molecule has 1 atom stereocenters. The summed E-state index contributed by atoms with van der Waals surface area (Å²) in [5.74, 6) is -0.616. The van der Waals surface area contributed by atoms with E-state index in [1.807, 2.05) is 6.07 Å². The van der Waals surface area contributed by atoms with Crippen LogP contribution in [0.3, 0.4) is 0 Å². The monoisotopic (exact) mass is 514 g/mol. The SMILES string of the molecule is COC1(c2cc3c(N[C@H](C)c4cccc(C(F)F)c4F)ncnc3n3nnnc23)CCN(C(C)=O)CC1. The van der Waals surface area contributed by atoms with Gasteiger partial charge in [-0.25, -0.2) is 23.1 Å². The number of anilines is 1. The Morgan fingerprint density at radius 1 is 1.16 bits per heavy atom. The zero-order chi connectivity index (χ0) is 26.3. The summed E-state index contributed by atoms with van der Waals surface area (Å²) in [5, 5.41) is 15.8. The number of piperidine rings is 1. The van der Waals surface area contributed by atoms with Crippen LogP contribution >= 0.6 is 0 Å². The normalized spacial score (nSPS) is 16.5. The van der Waals surface area contributed by atoms with Gasteiger partial charge in [0.2, 0.25) is 5.91 Å². The molecule has 4 aromatic rings. The zero-order valence-corrected chi connectivity index (χ0v) is 20.5. The first kappa shape index (κ1) is 24.8. The van der Waals surface area contributed by atoms with E-state index in [0.717, 1.165) is 6.07 Å². The number of nitrogens with zero attached hydrogens (tertiary/aromatic N) is 7. The molecule has 1 aliphatic heterocycles. The molecule has 0 unspecified atom stereocenters. The van der Waals surface area contributed by atoms with Gasteiger partial charge < -0.3 is 15.0 Å². The number of ether oxygens (including phenoxy) is 1. The van der Waals surface area contributed by atoms with E-state index in [-0.39, 0.29) is 11.5 Å². The number of amides is 1. The van der Waals surface area contributed by atoms with Crippen LogP contribution in [0.5, 0.6) is 0 Å². The van der Waals surface area contributed by atoms with E-state index in [1.165, 1.54) is 29.9 Å².